The average molecular weight is 1020 g/mol. The van der Waals surface area contributed by atoms with Gasteiger partial charge >= 0.3 is 0 Å². The van der Waals surface area contributed by atoms with Crippen molar-refractivity contribution in [1.29, 1.82) is 0 Å². The number of allylic oxidation sites excluding steroid dienone is 13. The van der Waals surface area contributed by atoms with Gasteiger partial charge in [0.25, 0.3) is 0 Å². The Hall–Kier alpha value is -2.83. The first-order valence-electron chi connectivity index (χ1n) is 27.8. The van der Waals surface area contributed by atoms with Crippen molar-refractivity contribution in [2.45, 2.75) is 254 Å². The highest BCUT2D eigenvalue weighted by Gasteiger charge is 2.51. The van der Waals surface area contributed by atoms with Gasteiger partial charge in [0, 0.05) is 6.42 Å². The second-order valence-corrected chi connectivity index (χ2v) is 19.3. The summed E-state index contributed by atoms with van der Waals surface area (Å²) in [7, 11) is 0. The highest BCUT2D eigenvalue weighted by molar-refractivity contribution is 5.76. The Morgan fingerprint density at radius 1 is 0.514 bits per heavy atom. The average Bonchev–Trinajstić information content (AvgIpc) is 3.38. The molecule has 2 saturated heterocycles. The topological polar surface area (TPSA) is 228 Å². The minimum atomic E-state index is -1.80. The molecular formula is C58H99NO13. The zero-order valence-electron chi connectivity index (χ0n) is 44.1. The van der Waals surface area contributed by atoms with Crippen molar-refractivity contribution in [1.82, 2.24) is 5.32 Å². The number of amides is 1. The molecule has 0 aromatic carbocycles. The summed E-state index contributed by atoms with van der Waals surface area (Å²) >= 11 is 0. The quantitative estimate of drug-likeness (QED) is 0.0207. The monoisotopic (exact) mass is 1020 g/mol. The molecular weight excluding hydrogens is 919 g/mol. The van der Waals surface area contributed by atoms with E-state index in [-0.39, 0.29) is 18.9 Å². The summed E-state index contributed by atoms with van der Waals surface area (Å²) in [6.07, 6.45) is 40.9. The maximum absolute atomic E-state index is 13.1. The van der Waals surface area contributed by atoms with Gasteiger partial charge in [0.1, 0.15) is 48.8 Å². The first-order valence-corrected chi connectivity index (χ1v) is 27.8. The lowest BCUT2D eigenvalue weighted by Gasteiger charge is -2.46. The van der Waals surface area contributed by atoms with E-state index in [1.54, 1.807) is 6.08 Å². The molecule has 0 aromatic heterocycles. The predicted molar refractivity (Wildman–Crippen MR) is 286 cm³/mol. The van der Waals surface area contributed by atoms with E-state index in [1.807, 2.05) is 18.2 Å². The van der Waals surface area contributed by atoms with Crippen LogP contribution in [0.2, 0.25) is 0 Å². The number of carbonyl (C=O) groups is 1. The lowest BCUT2D eigenvalue weighted by molar-refractivity contribution is -0.359. The van der Waals surface area contributed by atoms with Gasteiger partial charge < -0.3 is 65.1 Å². The van der Waals surface area contributed by atoms with Crippen LogP contribution in [0.15, 0.2) is 85.1 Å². The van der Waals surface area contributed by atoms with E-state index in [1.165, 1.54) is 96.3 Å². The van der Waals surface area contributed by atoms with Gasteiger partial charge in [-0.25, -0.2) is 0 Å². The second-order valence-electron chi connectivity index (χ2n) is 19.3. The summed E-state index contributed by atoms with van der Waals surface area (Å²) in [5.41, 5.74) is 0. The third-order valence-corrected chi connectivity index (χ3v) is 13.1. The Morgan fingerprint density at radius 3 is 1.51 bits per heavy atom. The molecule has 0 bridgehead atoms. The van der Waals surface area contributed by atoms with Crippen molar-refractivity contribution in [3.63, 3.8) is 0 Å². The van der Waals surface area contributed by atoms with Crippen molar-refractivity contribution < 1.29 is 64.6 Å². The summed E-state index contributed by atoms with van der Waals surface area (Å²) in [5, 5.41) is 86.8. The molecule has 0 aliphatic carbocycles. The maximum Gasteiger partial charge on any atom is 0.220 e. The van der Waals surface area contributed by atoms with E-state index in [0.29, 0.717) is 12.8 Å². The minimum Gasteiger partial charge on any atom is -0.394 e. The number of carbonyl (C=O) groups excluding carboxylic acids is 1. The number of rotatable bonds is 42. The van der Waals surface area contributed by atoms with E-state index in [0.717, 1.165) is 51.4 Å². The largest absolute Gasteiger partial charge is 0.394 e. The maximum atomic E-state index is 13.1. The second kappa shape index (κ2) is 43.4. The van der Waals surface area contributed by atoms with Crippen molar-refractivity contribution >= 4 is 5.91 Å². The molecule has 2 heterocycles. The molecule has 72 heavy (non-hydrogen) atoms. The van der Waals surface area contributed by atoms with Gasteiger partial charge in [-0.05, 0) is 70.6 Å². The SMILES string of the molecule is CC/C=C\C/C=C\C/C=C\C/C=C\CCC(=O)NC(COC1OC(CO)C(OC2OC(CO)C(O)C(O)C2O)C(O)C1O)C(O)/C=C/CC/C=C/CC/C=C/CCCCCCCCCCCCCCCCC. The molecule has 0 saturated carbocycles. The van der Waals surface area contributed by atoms with Crippen LogP contribution in [0, 0.1) is 0 Å². The van der Waals surface area contributed by atoms with Gasteiger partial charge in [-0.2, -0.15) is 0 Å². The molecule has 12 atom stereocenters. The van der Waals surface area contributed by atoms with Crippen molar-refractivity contribution in [2.75, 3.05) is 19.8 Å². The van der Waals surface area contributed by atoms with Crippen LogP contribution in [0.1, 0.15) is 181 Å². The number of hydrogen-bond acceptors (Lipinski definition) is 13. The highest BCUT2D eigenvalue weighted by Crippen LogP contribution is 2.30. The minimum absolute atomic E-state index is 0.144. The van der Waals surface area contributed by atoms with Crippen LogP contribution in [0.4, 0.5) is 0 Å². The molecule has 414 valence electrons. The van der Waals surface area contributed by atoms with E-state index < -0.39 is 86.8 Å². The smallest absolute Gasteiger partial charge is 0.220 e. The number of ether oxygens (including phenoxy) is 4. The summed E-state index contributed by atoms with van der Waals surface area (Å²) in [4.78, 5) is 13.1. The summed E-state index contributed by atoms with van der Waals surface area (Å²) in [6, 6.07) is -0.980. The fourth-order valence-electron chi connectivity index (χ4n) is 8.57. The van der Waals surface area contributed by atoms with Crippen LogP contribution in [0.5, 0.6) is 0 Å². The van der Waals surface area contributed by atoms with E-state index in [2.05, 4.69) is 79.9 Å². The molecule has 2 aliphatic rings. The summed E-state index contributed by atoms with van der Waals surface area (Å²) in [6.45, 7) is 2.58. The van der Waals surface area contributed by atoms with E-state index in [4.69, 9.17) is 18.9 Å². The Labute approximate surface area is 433 Å². The lowest BCUT2D eigenvalue weighted by atomic mass is 9.97. The predicted octanol–water partition coefficient (Wildman–Crippen LogP) is 8.55. The molecule has 0 radical (unpaired) electrons. The zero-order valence-corrected chi connectivity index (χ0v) is 44.1. The van der Waals surface area contributed by atoms with Crippen LogP contribution < -0.4 is 5.32 Å². The Balaban J connectivity index is 1.82. The van der Waals surface area contributed by atoms with Crippen molar-refractivity contribution in [3.05, 3.63) is 85.1 Å². The molecule has 2 fully saturated rings. The molecule has 2 aliphatic heterocycles. The molecule has 0 spiro atoms. The number of aliphatic hydroxyl groups is 8. The van der Waals surface area contributed by atoms with Gasteiger partial charge in [-0.3, -0.25) is 4.79 Å². The van der Waals surface area contributed by atoms with Crippen molar-refractivity contribution in [2.24, 2.45) is 0 Å². The summed E-state index contributed by atoms with van der Waals surface area (Å²) < 4.78 is 22.6. The van der Waals surface area contributed by atoms with E-state index in [9.17, 15) is 45.6 Å². The molecule has 2 rings (SSSR count). The van der Waals surface area contributed by atoms with E-state index >= 15 is 0 Å². The first kappa shape index (κ1) is 65.3. The molecule has 1 amide bonds. The first-order chi connectivity index (χ1) is 35.1. The Morgan fingerprint density at radius 2 is 0.972 bits per heavy atom. The molecule has 12 unspecified atom stereocenters. The van der Waals surface area contributed by atoms with Gasteiger partial charge in [0.2, 0.25) is 5.91 Å². The van der Waals surface area contributed by atoms with Crippen LogP contribution in [0.3, 0.4) is 0 Å². The van der Waals surface area contributed by atoms with Crippen LogP contribution in [0.25, 0.3) is 0 Å². The van der Waals surface area contributed by atoms with Crippen LogP contribution in [-0.2, 0) is 23.7 Å². The van der Waals surface area contributed by atoms with Gasteiger partial charge in [-0.1, -0.05) is 189 Å². The number of hydrogen-bond donors (Lipinski definition) is 9. The van der Waals surface area contributed by atoms with Gasteiger partial charge in [0.15, 0.2) is 12.6 Å². The number of nitrogens with one attached hydrogen (secondary N) is 1. The normalized spacial score (nSPS) is 26.2. The molecule has 14 heteroatoms. The third-order valence-electron chi connectivity index (χ3n) is 13.1. The molecule has 0 aromatic rings. The van der Waals surface area contributed by atoms with Gasteiger partial charge in [-0.15, -0.1) is 0 Å². The Bertz CT molecular complexity index is 1530. The Kier molecular flexibility index (Phi) is 39.4. The third kappa shape index (κ3) is 29.3. The zero-order chi connectivity index (χ0) is 52.4. The van der Waals surface area contributed by atoms with Gasteiger partial charge in [0.05, 0.1) is 32.0 Å². The fraction of sp³-hybridized carbons (Fsp3) is 0.741. The lowest BCUT2D eigenvalue weighted by Crippen LogP contribution is -2.65. The number of unbranched alkanes of at least 4 members (excludes halogenated alkanes) is 17. The molecule has 14 nitrogen and oxygen atoms in total. The fourth-order valence-corrected chi connectivity index (χ4v) is 8.57. The summed E-state index contributed by atoms with van der Waals surface area (Å²) in [5.74, 6) is -0.336. The van der Waals surface area contributed by atoms with Crippen LogP contribution >= 0.6 is 0 Å². The highest BCUT2D eigenvalue weighted by atomic mass is 16.7. The number of aliphatic hydroxyl groups excluding tert-OH is 8. The van der Waals surface area contributed by atoms with Crippen LogP contribution in [-0.4, -0.2) is 140 Å². The standard InChI is InChI=1S/C58H99NO13/c1-3-5-7-9-11-13-15-17-18-19-20-21-22-23-24-25-26-27-28-30-31-33-35-37-39-41-47(62)46(59-50(63)42-40-38-36-34-32-29-16-14-12-10-8-6-4-2)45-69-57-55(68)53(66)56(49(44-61)71-57)72-58-54(67)52(65)51(64)48(43-60)70-58/h6,8,12,14,26-27,29,31-33,36,38-39,41,46-49,51-58,60-62,64-68H,3-5,7,9-11,13,15-25,28,30,34-35,37,40,42-45H2,1-2H3,(H,59,63)/b8-6-,14-12-,27-26+,32-29-,33-31+,38-36-,41-39+. The van der Waals surface area contributed by atoms with Crippen molar-refractivity contribution in [3.8, 4) is 0 Å². The molecule has 9 N–H and O–H groups in total.